The molecule has 2 amide bonds. The maximum atomic E-state index is 12.1. The molecule has 0 aliphatic heterocycles. The van der Waals surface area contributed by atoms with Gasteiger partial charge in [0.25, 0.3) is 0 Å². The van der Waals surface area contributed by atoms with Crippen molar-refractivity contribution in [2.45, 2.75) is 52.4 Å². The summed E-state index contributed by atoms with van der Waals surface area (Å²) in [7, 11) is 1.63. The molecule has 0 aromatic rings. The van der Waals surface area contributed by atoms with E-state index in [0.717, 1.165) is 38.5 Å². The van der Waals surface area contributed by atoms with Crippen molar-refractivity contribution >= 4 is 11.8 Å². The van der Waals surface area contributed by atoms with E-state index in [1.165, 1.54) is 0 Å². The van der Waals surface area contributed by atoms with Crippen LogP contribution in [0.15, 0.2) is 0 Å². The van der Waals surface area contributed by atoms with Gasteiger partial charge in [0.1, 0.15) is 0 Å². The van der Waals surface area contributed by atoms with E-state index >= 15 is 0 Å². The van der Waals surface area contributed by atoms with E-state index in [9.17, 15) is 9.59 Å². The first-order chi connectivity index (χ1) is 8.44. The molecule has 0 aromatic carbocycles. The summed E-state index contributed by atoms with van der Waals surface area (Å²) in [5, 5.41) is 2.70. The highest BCUT2D eigenvalue weighted by Crippen LogP contribution is 2.45. The van der Waals surface area contributed by atoms with E-state index in [1.54, 1.807) is 7.05 Å². The summed E-state index contributed by atoms with van der Waals surface area (Å²) in [5.41, 5.74) is 5.03. The molecule has 3 N–H and O–H groups in total. The number of nitrogens with two attached hydrogens (primary N) is 1. The van der Waals surface area contributed by atoms with Crippen LogP contribution in [0.5, 0.6) is 0 Å². The molecule has 18 heavy (non-hydrogen) atoms. The van der Waals surface area contributed by atoms with Gasteiger partial charge in [-0.15, -0.1) is 0 Å². The molecule has 0 saturated heterocycles. The average molecular weight is 254 g/mol. The Kier molecular flexibility index (Phi) is 5.17. The smallest absolute Gasteiger partial charge is 0.224 e. The highest BCUT2D eigenvalue weighted by atomic mass is 16.2. The summed E-state index contributed by atoms with van der Waals surface area (Å²) in [6, 6.07) is 0. The van der Waals surface area contributed by atoms with Gasteiger partial charge in [-0.05, 0) is 25.2 Å². The third-order valence-corrected chi connectivity index (χ3v) is 4.17. The summed E-state index contributed by atoms with van der Waals surface area (Å²) < 4.78 is 0. The van der Waals surface area contributed by atoms with Crippen LogP contribution in [-0.4, -0.2) is 18.9 Å². The van der Waals surface area contributed by atoms with Gasteiger partial charge in [-0.1, -0.05) is 33.1 Å². The largest absolute Gasteiger partial charge is 0.369 e. The van der Waals surface area contributed by atoms with E-state index < -0.39 is 5.41 Å². The fraction of sp³-hybridized carbons (Fsp3) is 0.857. The van der Waals surface area contributed by atoms with Crippen molar-refractivity contribution in [1.82, 2.24) is 5.32 Å². The summed E-state index contributed by atoms with van der Waals surface area (Å²) in [6.07, 6.45) is 5.36. The first-order valence-corrected chi connectivity index (χ1v) is 6.95. The molecule has 0 heterocycles. The first-order valence-electron chi connectivity index (χ1n) is 6.95. The standard InChI is InChI=1S/C14H26N2O2/c1-10(2)9-11(12(17)16-3)14(13(15)18)7-5-4-6-8-14/h10-11H,4-9H2,1-3H3,(H2,15,18)(H,16,17)/t11-/m0/s1. The summed E-state index contributed by atoms with van der Waals surface area (Å²) in [4.78, 5) is 24.1. The number of hydrogen-bond donors (Lipinski definition) is 2. The van der Waals surface area contributed by atoms with Gasteiger partial charge in [0, 0.05) is 7.05 Å². The van der Waals surface area contributed by atoms with Gasteiger partial charge in [-0.25, -0.2) is 0 Å². The van der Waals surface area contributed by atoms with Crippen LogP contribution in [-0.2, 0) is 9.59 Å². The quantitative estimate of drug-likeness (QED) is 0.785. The number of primary amides is 1. The highest BCUT2D eigenvalue weighted by molar-refractivity contribution is 5.89. The zero-order valence-corrected chi connectivity index (χ0v) is 11.8. The monoisotopic (exact) mass is 254 g/mol. The fourth-order valence-corrected chi connectivity index (χ4v) is 3.18. The molecular formula is C14H26N2O2. The number of nitrogens with one attached hydrogen (secondary N) is 1. The zero-order chi connectivity index (χ0) is 13.8. The van der Waals surface area contributed by atoms with E-state index in [-0.39, 0.29) is 17.7 Å². The minimum Gasteiger partial charge on any atom is -0.369 e. The number of hydrogen-bond acceptors (Lipinski definition) is 2. The summed E-state index contributed by atoms with van der Waals surface area (Å²) in [6.45, 7) is 4.15. The maximum Gasteiger partial charge on any atom is 0.224 e. The van der Waals surface area contributed by atoms with Crippen LogP contribution >= 0.6 is 0 Å². The van der Waals surface area contributed by atoms with Crippen LogP contribution in [0.3, 0.4) is 0 Å². The average Bonchev–Trinajstić information content (AvgIpc) is 2.35. The Bertz CT molecular complexity index is 307. The second-order valence-corrected chi connectivity index (χ2v) is 5.88. The topological polar surface area (TPSA) is 72.2 Å². The molecule has 0 radical (unpaired) electrons. The summed E-state index contributed by atoms with van der Waals surface area (Å²) >= 11 is 0. The molecular weight excluding hydrogens is 228 g/mol. The van der Waals surface area contributed by atoms with E-state index in [2.05, 4.69) is 19.2 Å². The number of carbonyl (C=O) groups excluding carboxylic acids is 2. The van der Waals surface area contributed by atoms with E-state index in [4.69, 9.17) is 5.73 Å². The lowest BCUT2D eigenvalue weighted by atomic mass is 9.63. The van der Waals surface area contributed by atoms with Crippen LogP contribution in [0.25, 0.3) is 0 Å². The third-order valence-electron chi connectivity index (χ3n) is 4.17. The van der Waals surface area contributed by atoms with Gasteiger partial charge >= 0.3 is 0 Å². The molecule has 4 nitrogen and oxygen atoms in total. The van der Waals surface area contributed by atoms with Crippen molar-refractivity contribution in [3.05, 3.63) is 0 Å². The molecule has 0 spiro atoms. The lowest BCUT2D eigenvalue weighted by Gasteiger charge is -2.40. The lowest BCUT2D eigenvalue weighted by molar-refractivity contribution is -0.143. The molecule has 1 fully saturated rings. The van der Waals surface area contributed by atoms with E-state index in [0.29, 0.717) is 5.92 Å². The first kappa shape index (κ1) is 15.0. The molecule has 104 valence electrons. The Hall–Kier alpha value is -1.06. The van der Waals surface area contributed by atoms with Gasteiger partial charge in [0.15, 0.2) is 0 Å². The van der Waals surface area contributed by atoms with Crippen molar-refractivity contribution < 1.29 is 9.59 Å². The highest BCUT2D eigenvalue weighted by Gasteiger charge is 2.47. The van der Waals surface area contributed by atoms with Crippen LogP contribution in [0.2, 0.25) is 0 Å². The molecule has 0 aromatic heterocycles. The molecule has 0 unspecified atom stereocenters. The van der Waals surface area contributed by atoms with Gasteiger partial charge in [0.2, 0.25) is 11.8 Å². The van der Waals surface area contributed by atoms with Crippen LogP contribution in [0.4, 0.5) is 0 Å². The molecule has 1 aliphatic carbocycles. The van der Waals surface area contributed by atoms with Crippen molar-refractivity contribution in [3.63, 3.8) is 0 Å². The Morgan fingerprint density at radius 1 is 1.22 bits per heavy atom. The molecule has 4 heteroatoms. The van der Waals surface area contributed by atoms with Gasteiger partial charge in [0.05, 0.1) is 11.3 Å². The van der Waals surface area contributed by atoms with E-state index in [1.807, 2.05) is 0 Å². The Balaban J connectivity index is 3.03. The van der Waals surface area contributed by atoms with Gasteiger partial charge in [-0.2, -0.15) is 0 Å². The van der Waals surface area contributed by atoms with Crippen LogP contribution in [0.1, 0.15) is 52.4 Å². The fourth-order valence-electron chi connectivity index (χ4n) is 3.18. The van der Waals surface area contributed by atoms with Crippen molar-refractivity contribution in [1.29, 1.82) is 0 Å². The minimum absolute atomic E-state index is 0.0376. The zero-order valence-electron chi connectivity index (χ0n) is 11.8. The van der Waals surface area contributed by atoms with Crippen LogP contribution in [0, 0.1) is 17.3 Å². The Labute approximate surface area is 110 Å². The summed E-state index contributed by atoms with van der Waals surface area (Å²) in [5.74, 6) is -0.230. The second-order valence-electron chi connectivity index (χ2n) is 5.88. The predicted molar refractivity (Wildman–Crippen MR) is 71.7 cm³/mol. The minimum atomic E-state index is -0.622. The van der Waals surface area contributed by atoms with Crippen molar-refractivity contribution in [2.24, 2.45) is 23.0 Å². The van der Waals surface area contributed by atoms with Crippen molar-refractivity contribution in [3.8, 4) is 0 Å². The molecule has 0 bridgehead atoms. The molecule has 1 atom stereocenters. The molecule has 1 saturated carbocycles. The molecule has 1 rings (SSSR count). The Morgan fingerprint density at radius 2 is 1.78 bits per heavy atom. The third kappa shape index (κ3) is 3.03. The van der Waals surface area contributed by atoms with Crippen molar-refractivity contribution in [2.75, 3.05) is 7.05 Å². The van der Waals surface area contributed by atoms with Gasteiger partial charge in [-0.3, -0.25) is 9.59 Å². The number of amides is 2. The number of carbonyl (C=O) groups is 2. The molecule has 1 aliphatic rings. The van der Waals surface area contributed by atoms with Gasteiger partial charge < -0.3 is 11.1 Å². The Morgan fingerprint density at radius 3 is 2.17 bits per heavy atom. The van der Waals surface area contributed by atoms with Crippen LogP contribution < -0.4 is 11.1 Å². The normalized spacial score (nSPS) is 20.4. The predicted octanol–water partition coefficient (Wildman–Crippen LogP) is 1.83. The lowest BCUT2D eigenvalue weighted by Crippen LogP contribution is -2.50. The maximum absolute atomic E-state index is 12.1. The SMILES string of the molecule is CNC(=O)[C@H](CC(C)C)C1(C(N)=O)CCCCC1. The number of rotatable bonds is 5. The second kappa shape index (κ2) is 6.21.